The standard InChI is InChI=1S/C17H24FNO/c1-16(2)6-8-17(9-7-16)11-14(19-3)13-10-12(18)4-5-15(13)20-17/h4-5,10,14,19H,6-9,11H2,1-3H3. The lowest BCUT2D eigenvalue weighted by Gasteiger charge is -2.48. The molecule has 1 aliphatic heterocycles. The Labute approximate surface area is 120 Å². The SMILES string of the molecule is CNC1CC2(CCC(C)(C)CC2)Oc2ccc(F)cc21. The number of hydrogen-bond acceptors (Lipinski definition) is 2. The molecule has 1 aliphatic carbocycles. The highest BCUT2D eigenvalue weighted by Gasteiger charge is 2.44. The third-order valence-corrected chi connectivity index (χ3v) is 5.11. The topological polar surface area (TPSA) is 21.3 Å². The zero-order chi connectivity index (χ0) is 14.4. The van der Waals surface area contributed by atoms with E-state index in [-0.39, 0.29) is 17.5 Å². The molecule has 1 unspecified atom stereocenters. The second-order valence-electron chi connectivity index (χ2n) is 7.18. The molecule has 20 heavy (non-hydrogen) atoms. The first kappa shape index (κ1) is 13.9. The van der Waals surface area contributed by atoms with Gasteiger partial charge in [-0.1, -0.05) is 13.8 Å². The maximum Gasteiger partial charge on any atom is 0.125 e. The van der Waals surface area contributed by atoms with E-state index in [0.29, 0.717) is 5.41 Å². The summed E-state index contributed by atoms with van der Waals surface area (Å²) in [5.74, 6) is 0.671. The minimum Gasteiger partial charge on any atom is -0.487 e. The molecule has 1 heterocycles. The summed E-state index contributed by atoms with van der Waals surface area (Å²) in [6, 6.07) is 5.08. The molecule has 1 aromatic carbocycles. The van der Waals surface area contributed by atoms with E-state index in [9.17, 15) is 4.39 Å². The molecule has 0 saturated heterocycles. The Morgan fingerprint density at radius 3 is 2.55 bits per heavy atom. The molecule has 1 spiro atoms. The number of benzene rings is 1. The quantitative estimate of drug-likeness (QED) is 0.830. The van der Waals surface area contributed by atoms with Gasteiger partial charge in [0.2, 0.25) is 0 Å². The van der Waals surface area contributed by atoms with Crippen molar-refractivity contribution < 1.29 is 9.13 Å². The van der Waals surface area contributed by atoms with Crippen LogP contribution in [0.2, 0.25) is 0 Å². The molecule has 1 N–H and O–H groups in total. The van der Waals surface area contributed by atoms with Gasteiger partial charge in [0.25, 0.3) is 0 Å². The van der Waals surface area contributed by atoms with Crippen molar-refractivity contribution in [2.75, 3.05) is 7.05 Å². The Hall–Kier alpha value is -1.09. The first-order valence-electron chi connectivity index (χ1n) is 7.59. The zero-order valence-electron chi connectivity index (χ0n) is 12.6. The fraction of sp³-hybridized carbons (Fsp3) is 0.647. The summed E-state index contributed by atoms with van der Waals surface area (Å²) < 4.78 is 19.8. The van der Waals surface area contributed by atoms with Gasteiger partial charge in [-0.25, -0.2) is 4.39 Å². The number of nitrogens with one attached hydrogen (secondary N) is 1. The lowest BCUT2D eigenvalue weighted by molar-refractivity contribution is -0.0290. The Morgan fingerprint density at radius 1 is 1.20 bits per heavy atom. The summed E-state index contributed by atoms with van der Waals surface area (Å²) in [4.78, 5) is 0. The van der Waals surface area contributed by atoms with Crippen LogP contribution in [-0.2, 0) is 0 Å². The number of rotatable bonds is 1. The van der Waals surface area contributed by atoms with Crippen molar-refractivity contribution in [2.45, 2.75) is 57.6 Å². The molecule has 0 bridgehead atoms. The molecule has 2 aliphatic rings. The number of halogens is 1. The average Bonchev–Trinajstić information content (AvgIpc) is 2.42. The van der Waals surface area contributed by atoms with Crippen LogP contribution in [0.4, 0.5) is 4.39 Å². The van der Waals surface area contributed by atoms with Gasteiger partial charge in [0, 0.05) is 18.0 Å². The van der Waals surface area contributed by atoms with Crippen molar-refractivity contribution in [3.05, 3.63) is 29.6 Å². The second-order valence-corrected chi connectivity index (χ2v) is 7.18. The van der Waals surface area contributed by atoms with Crippen LogP contribution in [0.15, 0.2) is 18.2 Å². The van der Waals surface area contributed by atoms with Crippen LogP contribution in [0, 0.1) is 11.2 Å². The molecule has 0 radical (unpaired) electrons. The fourth-order valence-electron chi connectivity index (χ4n) is 3.59. The maximum atomic E-state index is 13.5. The van der Waals surface area contributed by atoms with Gasteiger partial charge < -0.3 is 10.1 Å². The van der Waals surface area contributed by atoms with Crippen molar-refractivity contribution in [1.29, 1.82) is 0 Å². The van der Waals surface area contributed by atoms with Crippen LogP contribution in [0.25, 0.3) is 0 Å². The highest BCUT2D eigenvalue weighted by Crippen LogP contribution is 2.49. The van der Waals surface area contributed by atoms with Crippen molar-refractivity contribution in [2.24, 2.45) is 5.41 Å². The number of fused-ring (bicyclic) bond motifs is 1. The Bertz CT molecular complexity index is 502. The molecule has 3 rings (SSSR count). The van der Waals surface area contributed by atoms with E-state index in [4.69, 9.17) is 4.74 Å². The smallest absolute Gasteiger partial charge is 0.125 e. The van der Waals surface area contributed by atoms with E-state index < -0.39 is 0 Å². The maximum absolute atomic E-state index is 13.5. The monoisotopic (exact) mass is 277 g/mol. The van der Waals surface area contributed by atoms with E-state index >= 15 is 0 Å². The van der Waals surface area contributed by atoms with E-state index in [1.165, 1.54) is 18.9 Å². The van der Waals surface area contributed by atoms with Crippen molar-refractivity contribution in [3.8, 4) is 5.75 Å². The average molecular weight is 277 g/mol. The first-order chi connectivity index (χ1) is 9.43. The molecular weight excluding hydrogens is 253 g/mol. The summed E-state index contributed by atoms with van der Waals surface area (Å²) in [6.45, 7) is 4.67. The van der Waals surface area contributed by atoms with Crippen LogP contribution in [-0.4, -0.2) is 12.6 Å². The van der Waals surface area contributed by atoms with Crippen molar-refractivity contribution in [3.63, 3.8) is 0 Å². The largest absolute Gasteiger partial charge is 0.487 e. The van der Waals surface area contributed by atoms with Crippen molar-refractivity contribution in [1.82, 2.24) is 5.32 Å². The van der Waals surface area contributed by atoms with Crippen LogP contribution in [0.5, 0.6) is 5.75 Å². The lowest BCUT2D eigenvalue weighted by Crippen LogP contribution is -2.47. The zero-order valence-corrected chi connectivity index (χ0v) is 12.6. The Morgan fingerprint density at radius 2 is 1.90 bits per heavy atom. The van der Waals surface area contributed by atoms with Crippen molar-refractivity contribution >= 4 is 0 Å². The lowest BCUT2D eigenvalue weighted by atomic mass is 9.68. The van der Waals surface area contributed by atoms with Gasteiger partial charge in [-0.3, -0.25) is 0 Å². The van der Waals surface area contributed by atoms with Gasteiger partial charge in [-0.2, -0.15) is 0 Å². The Kier molecular flexibility index (Phi) is 3.28. The summed E-state index contributed by atoms with van der Waals surface area (Å²) in [6.07, 6.45) is 5.51. The summed E-state index contributed by atoms with van der Waals surface area (Å²) in [7, 11) is 1.95. The molecule has 110 valence electrons. The third kappa shape index (κ3) is 2.44. The minimum absolute atomic E-state index is 0.0615. The molecule has 1 saturated carbocycles. The molecule has 1 fully saturated rings. The summed E-state index contributed by atoms with van der Waals surface area (Å²) >= 11 is 0. The third-order valence-electron chi connectivity index (χ3n) is 5.11. The van der Waals surface area contributed by atoms with E-state index in [0.717, 1.165) is 30.6 Å². The van der Waals surface area contributed by atoms with E-state index in [1.54, 1.807) is 12.1 Å². The molecule has 0 aromatic heterocycles. The molecular formula is C17H24FNO. The minimum atomic E-state index is -0.187. The predicted octanol–water partition coefficient (Wildman–Crippen LogP) is 4.21. The second kappa shape index (κ2) is 4.73. The van der Waals surface area contributed by atoms with Crippen LogP contribution < -0.4 is 10.1 Å². The van der Waals surface area contributed by atoms with Gasteiger partial charge in [-0.15, -0.1) is 0 Å². The molecule has 1 aromatic rings. The van der Waals surface area contributed by atoms with Crippen LogP contribution in [0.1, 0.15) is 57.6 Å². The van der Waals surface area contributed by atoms with E-state index in [2.05, 4.69) is 19.2 Å². The van der Waals surface area contributed by atoms with Gasteiger partial charge in [-0.05, 0) is 56.3 Å². The normalized spacial score (nSPS) is 26.9. The van der Waals surface area contributed by atoms with Crippen LogP contribution in [0.3, 0.4) is 0 Å². The first-order valence-corrected chi connectivity index (χ1v) is 7.59. The fourth-order valence-corrected chi connectivity index (χ4v) is 3.59. The Balaban J connectivity index is 1.90. The predicted molar refractivity (Wildman–Crippen MR) is 78.4 cm³/mol. The van der Waals surface area contributed by atoms with Gasteiger partial charge >= 0.3 is 0 Å². The molecule has 2 nitrogen and oxygen atoms in total. The molecule has 0 amide bonds. The number of hydrogen-bond donors (Lipinski definition) is 1. The van der Waals surface area contributed by atoms with E-state index in [1.807, 2.05) is 7.05 Å². The van der Waals surface area contributed by atoms with Gasteiger partial charge in [0.15, 0.2) is 0 Å². The highest BCUT2D eigenvalue weighted by molar-refractivity contribution is 5.39. The number of ether oxygens (including phenoxy) is 1. The molecule has 3 heteroatoms. The van der Waals surface area contributed by atoms with Gasteiger partial charge in [0.1, 0.15) is 17.2 Å². The summed E-state index contributed by atoms with van der Waals surface area (Å²) in [5, 5.41) is 3.33. The highest BCUT2D eigenvalue weighted by atomic mass is 19.1. The molecule has 1 atom stereocenters. The summed E-state index contributed by atoms with van der Waals surface area (Å²) in [5.41, 5.74) is 1.32. The van der Waals surface area contributed by atoms with Crippen LogP contribution >= 0.6 is 0 Å². The van der Waals surface area contributed by atoms with Gasteiger partial charge in [0.05, 0.1) is 0 Å².